The molecule has 1 saturated heterocycles. The Morgan fingerprint density at radius 1 is 1.21 bits per heavy atom. The van der Waals surface area contributed by atoms with Crippen molar-refractivity contribution < 1.29 is 14.3 Å². The van der Waals surface area contributed by atoms with Crippen LogP contribution in [0, 0.1) is 6.92 Å². The van der Waals surface area contributed by atoms with Gasteiger partial charge in [-0.2, -0.15) is 0 Å². The summed E-state index contributed by atoms with van der Waals surface area (Å²) < 4.78 is 10.6. The Labute approximate surface area is 139 Å². The summed E-state index contributed by atoms with van der Waals surface area (Å²) in [6, 6.07) is 5.30. The van der Waals surface area contributed by atoms with Gasteiger partial charge in [0.25, 0.3) is 5.91 Å². The minimum atomic E-state index is -0.237. The number of benzene rings is 1. The van der Waals surface area contributed by atoms with Gasteiger partial charge in [-0.05, 0) is 31.9 Å². The molecule has 1 amide bonds. The van der Waals surface area contributed by atoms with Gasteiger partial charge in [-0.15, -0.1) is 0 Å². The van der Waals surface area contributed by atoms with Crippen LogP contribution in [0.3, 0.4) is 0 Å². The zero-order valence-electron chi connectivity index (χ0n) is 13.4. The molecule has 0 aliphatic carbocycles. The molecule has 0 unspecified atom stereocenters. The third-order valence-corrected chi connectivity index (χ3v) is 4.23. The van der Waals surface area contributed by atoms with Gasteiger partial charge in [0.15, 0.2) is 11.5 Å². The molecule has 2 aromatic rings. The number of anilines is 2. The highest BCUT2D eigenvalue weighted by Gasteiger charge is 2.19. The Bertz CT molecular complexity index is 787. The summed E-state index contributed by atoms with van der Waals surface area (Å²) in [6.07, 6.45) is 3.92. The van der Waals surface area contributed by atoms with Crippen molar-refractivity contribution in [2.45, 2.75) is 19.8 Å². The molecular weight excluding hydrogens is 308 g/mol. The standard InChI is InChI=1S/C17H18N4O3/c1-11-13(9-18-17(19-11)21-6-2-3-7-21)16(22)20-12-4-5-14-15(8-12)24-10-23-14/h4-5,8-9H,2-3,6-7,10H2,1H3,(H,20,22). The highest BCUT2D eigenvalue weighted by Crippen LogP contribution is 2.34. The zero-order chi connectivity index (χ0) is 16.5. The van der Waals surface area contributed by atoms with E-state index in [0.29, 0.717) is 34.4 Å². The third-order valence-electron chi connectivity index (χ3n) is 4.23. The Morgan fingerprint density at radius 3 is 2.79 bits per heavy atom. The first-order valence-corrected chi connectivity index (χ1v) is 8.00. The van der Waals surface area contributed by atoms with Crippen LogP contribution >= 0.6 is 0 Å². The van der Waals surface area contributed by atoms with E-state index < -0.39 is 0 Å². The zero-order valence-corrected chi connectivity index (χ0v) is 13.4. The van der Waals surface area contributed by atoms with Crippen LogP contribution < -0.4 is 19.7 Å². The average Bonchev–Trinajstić information content (AvgIpc) is 3.25. The van der Waals surface area contributed by atoms with Gasteiger partial charge in [-0.25, -0.2) is 9.97 Å². The number of ether oxygens (including phenoxy) is 2. The lowest BCUT2D eigenvalue weighted by molar-refractivity contribution is 0.102. The number of nitrogens with one attached hydrogen (secondary N) is 1. The second-order valence-electron chi connectivity index (χ2n) is 5.89. The summed E-state index contributed by atoms with van der Waals surface area (Å²) in [5, 5.41) is 2.85. The van der Waals surface area contributed by atoms with Crippen LogP contribution in [-0.2, 0) is 0 Å². The van der Waals surface area contributed by atoms with Gasteiger partial charge in [0.1, 0.15) is 0 Å². The highest BCUT2D eigenvalue weighted by atomic mass is 16.7. The number of rotatable bonds is 3. The van der Waals surface area contributed by atoms with Gasteiger partial charge in [-0.3, -0.25) is 4.79 Å². The second kappa shape index (κ2) is 5.99. The van der Waals surface area contributed by atoms with E-state index in [-0.39, 0.29) is 12.7 Å². The molecule has 7 heteroatoms. The number of aromatic nitrogens is 2. The first-order chi connectivity index (χ1) is 11.7. The maximum atomic E-state index is 12.5. The summed E-state index contributed by atoms with van der Waals surface area (Å²) >= 11 is 0. The molecule has 2 aliphatic rings. The molecule has 4 rings (SSSR count). The van der Waals surface area contributed by atoms with Crippen LogP contribution in [0.1, 0.15) is 28.9 Å². The van der Waals surface area contributed by atoms with E-state index in [9.17, 15) is 4.79 Å². The third kappa shape index (κ3) is 2.73. The van der Waals surface area contributed by atoms with Crippen LogP contribution in [0.2, 0.25) is 0 Å². The molecule has 1 aromatic heterocycles. The fraction of sp³-hybridized carbons (Fsp3) is 0.353. The average molecular weight is 326 g/mol. The molecule has 0 spiro atoms. The molecule has 0 bridgehead atoms. The lowest BCUT2D eigenvalue weighted by atomic mass is 10.2. The fourth-order valence-electron chi connectivity index (χ4n) is 2.92. The Morgan fingerprint density at radius 2 is 2.00 bits per heavy atom. The fourth-order valence-corrected chi connectivity index (χ4v) is 2.92. The molecule has 7 nitrogen and oxygen atoms in total. The summed E-state index contributed by atoms with van der Waals surface area (Å²) in [4.78, 5) is 23.5. The van der Waals surface area contributed by atoms with Crippen molar-refractivity contribution in [2.75, 3.05) is 30.1 Å². The topological polar surface area (TPSA) is 76.6 Å². The van der Waals surface area contributed by atoms with Crippen molar-refractivity contribution >= 4 is 17.5 Å². The molecule has 124 valence electrons. The van der Waals surface area contributed by atoms with Crippen LogP contribution in [0.5, 0.6) is 11.5 Å². The molecule has 24 heavy (non-hydrogen) atoms. The molecule has 0 atom stereocenters. The largest absolute Gasteiger partial charge is 0.454 e. The lowest BCUT2D eigenvalue weighted by Crippen LogP contribution is -2.22. The number of aryl methyl sites for hydroxylation is 1. The maximum absolute atomic E-state index is 12.5. The second-order valence-corrected chi connectivity index (χ2v) is 5.89. The van der Waals surface area contributed by atoms with Gasteiger partial charge >= 0.3 is 0 Å². The van der Waals surface area contributed by atoms with E-state index in [4.69, 9.17) is 9.47 Å². The van der Waals surface area contributed by atoms with Crippen LogP contribution in [0.25, 0.3) is 0 Å². The van der Waals surface area contributed by atoms with Crippen LogP contribution in [-0.4, -0.2) is 35.8 Å². The van der Waals surface area contributed by atoms with Crippen molar-refractivity contribution in [3.05, 3.63) is 35.7 Å². The number of fused-ring (bicyclic) bond motifs is 1. The predicted molar refractivity (Wildman–Crippen MR) is 88.7 cm³/mol. The maximum Gasteiger partial charge on any atom is 0.259 e. The first kappa shape index (κ1) is 14.7. The number of nitrogens with zero attached hydrogens (tertiary/aromatic N) is 3. The Kier molecular flexibility index (Phi) is 3.68. The van der Waals surface area contributed by atoms with E-state index in [2.05, 4.69) is 20.2 Å². The number of carbonyl (C=O) groups is 1. The minimum absolute atomic E-state index is 0.206. The number of amides is 1. The van der Waals surface area contributed by atoms with Gasteiger partial charge in [0, 0.05) is 31.0 Å². The van der Waals surface area contributed by atoms with Crippen molar-refractivity contribution in [2.24, 2.45) is 0 Å². The first-order valence-electron chi connectivity index (χ1n) is 8.00. The summed E-state index contributed by atoms with van der Waals surface area (Å²) in [5.74, 6) is 1.77. The van der Waals surface area contributed by atoms with Gasteiger partial charge in [-0.1, -0.05) is 0 Å². The molecule has 0 radical (unpaired) electrons. The minimum Gasteiger partial charge on any atom is -0.454 e. The summed E-state index contributed by atoms with van der Waals surface area (Å²) in [5.41, 5.74) is 1.79. The normalized spacial score (nSPS) is 15.6. The van der Waals surface area contributed by atoms with Crippen molar-refractivity contribution in [1.29, 1.82) is 0 Å². The van der Waals surface area contributed by atoms with Crippen molar-refractivity contribution in [3.63, 3.8) is 0 Å². The lowest BCUT2D eigenvalue weighted by Gasteiger charge is -2.16. The van der Waals surface area contributed by atoms with Crippen molar-refractivity contribution in [3.8, 4) is 11.5 Å². The number of hydrogen-bond donors (Lipinski definition) is 1. The predicted octanol–water partition coefficient (Wildman–Crippen LogP) is 2.37. The highest BCUT2D eigenvalue weighted by molar-refractivity contribution is 6.05. The van der Waals surface area contributed by atoms with E-state index in [1.807, 2.05) is 6.92 Å². The molecule has 0 saturated carbocycles. The molecule has 2 aliphatic heterocycles. The van der Waals surface area contributed by atoms with Crippen molar-refractivity contribution in [1.82, 2.24) is 9.97 Å². The van der Waals surface area contributed by atoms with Gasteiger partial charge in [0.2, 0.25) is 12.7 Å². The van der Waals surface area contributed by atoms with E-state index in [0.717, 1.165) is 25.9 Å². The van der Waals surface area contributed by atoms with E-state index in [1.54, 1.807) is 24.4 Å². The van der Waals surface area contributed by atoms with Gasteiger partial charge < -0.3 is 19.7 Å². The monoisotopic (exact) mass is 326 g/mol. The number of carbonyl (C=O) groups excluding carboxylic acids is 1. The Hall–Kier alpha value is -2.83. The van der Waals surface area contributed by atoms with Gasteiger partial charge in [0.05, 0.1) is 11.3 Å². The number of hydrogen-bond acceptors (Lipinski definition) is 6. The van der Waals surface area contributed by atoms with E-state index in [1.165, 1.54) is 0 Å². The van der Waals surface area contributed by atoms with Crippen LogP contribution in [0.15, 0.2) is 24.4 Å². The molecule has 3 heterocycles. The van der Waals surface area contributed by atoms with E-state index >= 15 is 0 Å². The summed E-state index contributed by atoms with van der Waals surface area (Å²) in [6.45, 7) is 3.98. The SMILES string of the molecule is Cc1nc(N2CCCC2)ncc1C(=O)Nc1ccc2c(c1)OCO2. The molecule has 1 fully saturated rings. The summed E-state index contributed by atoms with van der Waals surface area (Å²) in [7, 11) is 0. The Balaban J connectivity index is 1.51. The molecule has 1 aromatic carbocycles. The smallest absolute Gasteiger partial charge is 0.259 e. The molecule has 1 N–H and O–H groups in total. The quantitative estimate of drug-likeness (QED) is 0.933. The molecular formula is C17H18N4O3. The van der Waals surface area contributed by atoms with Crippen LogP contribution in [0.4, 0.5) is 11.6 Å².